The second-order valence-electron chi connectivity index (χ2n) is 3.90. The highest BCUT2D eigenvalue weighted by molar-refractivity contribution is 14.1. The molecule has 0 spiro atoms. The zero-order chi connectivity index (χ0) is 9.97. The van der Waals surface area contributed by atoms with Crippen molar-refractivity contribution in [3.63, 3.8) is 0 Å². The maximum absolute atomic E-state index is 3.51. The minimum Gasteiger partial charge on any atom is -0.316 e. The first kappa shape index (κ1) is 10.4. The SMILES string of the molecule is CC[C@H]1CNCCc2ccc(I)cc21. The molecule has 1 aromatic carbocycles. The number of fused-ring (bicyclic) bond motifs is 1. The number of hydrogen-bond donors (Lipinski definition) is 1. The van der Waals surface area contributed by atoms with Crippen LogP contribution in [-0.2, 0) is 6.42 Å². The lowest BCUT2D eigenvalue weighted by atomic mass is 9.92. The molecule has 1 N–H and O–H groups in total. The van der Waals surface area contributed by atoms with Gasteiger partial charge < -0.3 is 5.32 Å². The molecule has 0 bridgehead atoms. The first-order valence-electron chi connectivity index (χ1n) is 5.30. The molecule has 0 aliphatic carbocycles. The number of halogens is 1. The third kappa shape index (κ3) is 2.11. The summed E-state index contributed by atoms with van der Waals surface area (Å²) < 4.78 is 1.36. The Kier molecular flexibility index (Phi) is 3.44. The molecule has 14 heavy (non-hydrogen) atoms. The van der Waals surface area contributed by atoms with Crippen molar-refractivity contribution < 1.29 is 0 Å². The van der Waals surface area contributed by atoms with Crippen LogP contribution in [0, 0.1) is 3.57 Å². The summed E-state index contributed by atoms with van der Waals surface area (Å²) in [5.41, 5.74) is 3.12. The molecule has 1 aliphatic rings. The Morgan fingerprint density at radius 3 is 3.14 bits per heavy atom. The molecular weight excluding hydrogens is 285 g/mol. The van der Waals surface area contributed by atoms with Crippen LogP contribution in [0.1, 0.15) is 30.4 Å². The van der Waals surface area contributed by atoms with Crippen LogP contribution >= 0.6 is 22.6 Å². The van der Waals surface area contributed by atoms with Crippen LogP contribution in [0.4, 0.5) is 0 Å². The van der Waals surface area contributed by atoms with E-state index in [1.807, 2.05) is 0 Å². The van der Waals surface area contributed by atoms with E-state index in [-0.39, 0.29) is 0 Å². The summed E-state index contributed by atoms with van der Waals surface area (Å²) in [5.74, 6) is 0.710. The molecule has 0 amide bonds. The van der Waals surface area contributed by atoms with Crippen LogP contribution in [0.25, 0.3) is 0 Å². The molecule has 0 saturated heterocycles. The molecule has 1 aromatic rings. The molecule has 2 heteroatoms. The van der Waals surface area contributed by atoms with E-state index in [0.29, 0.717) is 5.92 Å². The van der Waals surface area contributed by atoms with Crippen molar-refractivity contribution in [2.45, 2.75) is 25.7 Å². The lowest BCUT2D eigenvalue weighted by Crippen LogP contribution is -2.19. The largest absolute Gasteiger partial charge is 0.316 e. The molecule has 0 unspecified atom stereocenters. The third-order valence-electron chi connectivity index (χ3n) is 3.00. The Hall–Kier alpha value is -0.0900. The maximum atomic E-state index is 3.51. The Morgan fingerprint density at radius 2 is 2.36 bits per heavy atom. The van der Waals surface area contributed by atoms with Gasteiger partial charge in [0.25, 0.3) is 0 Å². The number of rotatable bonds is 1. The molecule has 2 rings (SSSR count). The van der Waals surface area contributed by atoms with Gasteiger partial charge in [0.2, 0.25) is 0 Å². The fourth-order valence-electron chi connectivity index (χ4n) is 2.15. The Bertz CT molecular complexity index is 322. The van der Waals surface area contributed by atoms with Crippen LogP contribution in [0.15, 0.2) is 18.2 Å². The quantitative estimate of drug-likeness (QED) is 0.787. The Labute approximate surface area is 99.4 Å². The van der Waals surface area contributed by atoms with E-state index in [0.717, 1.165) is 13.1 Å². The van der Waals surface area contributed by atoms with Crippen molar-refractivity contribution in [3.8, 4) is 0 Å². The van der Waals surface area contributed by atoms with Crippen molar-refractivity contribution in [1.82, 2.24) is 5.32 Å². The van der Waals surface area contributed by atoms with Gasteiger partial charge in [-0.3, -0.25) is 0 Å². The second kappa shape index (κ2) is 4.62. The molecule has 0 radical (unpaired) electrons. The van der Waals surface area contributed by atoms with E-state index >= 15 is 0 Å². The number of benzene rings is 1. The van der Waals surface area contributed by atoms with E-state index in [1.54, 1.807) is 11.1 Å². The zero-order valence-electron chi connectivity index (χ0n) is 8.52. The smallest absolute Gasteiger partial charge is 0.0133 e. The van der Waals surface area contributed by atoms with Gasteiger partial charge in [-0.15, -0.1) is 0 Å². The monoisotopic (exact) mass is 301 g/mol. The average molecular weight is 301 g/mol. The molecule has 0 saturated carbocycles. The van der Waals surface area contributed by atoms with Gasteiger partial charge in [-0.05, 0) is 71.2 Å². The highest BCUT2D eigenvalue weighted by Gasteiger charge is 2.16. The summed E-state index contributed by atoms with van der Waals surface area (Å²) in [6.45, 7) is 4.55. The van der Waals surface area contributed by atoms with Crippen molar-refractivity contribution in [3.05, 3.63) is 32.9 Å². The van der Waals surface area contributed by atoms with Crippen LogP contribution in [0.3, 0.4) is 0 Å². The minimum atomic E-state index is 0.710. The summed E-state index contributed by atoms with van der Waals surface area (Å²) in [4.78, 5) is 0. The molecule has 1 nitrogen and oxygen atoms in total. The first-order valence-corrected chi connectivity index (χ1v) is 6.38. The molecule has 1 heterocycles. The Morgan fingerprint density at radius 1 is 1.50 bits per heavy atom. The van der Waals surface area contributed by atoms with Crippen molar-refractivity contribution >= 4 is 22.6 Å². The van der Waals surface area contributed by atoms with Crippen molar-refractivity contribution in [1.29, 1.82) is 0 Å². The average Bonchev–Trinajstić information content (AvgIpc) is 2.39. The number of hydrogen-bond acceptors (Lipinski definition) is 1. The van der Waals surface area contributed by atoms with Gasteiger partial charge in [0, 0.05) is 10.1 Å². The minimum absolute atomic E-state index is 0.710. The fraction of sp³-hybridized carbons (Fsp3) is 0.500. The molecule has 76 valence electrons. The molecular formula is C12H16IN. The topological polar surface area (TPSA) is 12.0 Å². The molecule has 0 fully saturated rings. The van der Waals surface area contributed by atoms with E-state index in [9.17, 15) is 0 Å². The highest BCUT2D eigenvalue weighted by Crippen LogP contribution is 2.26. The second-order valence-corrected chi connectivity index (χ2v) is 5.15. The lowest BCUT2D eigenvalue weighted by molar-refractivity contribution is 0.594. The summed E-state index contributed by atoms with van der Waals surface area (Å²) in [7, 11) is 0. The summed E-state index contributed by atoms with van der Waals surface area (Å²) in [5, 5.41) is 3.51. The normalized spacial score (nSPS) is 21.4. The van der Waals surface area contributed by atoms with Crippen molar-refractivity contribution in [2.24, 2.45) is 0 Å². The van der Waals surface area contributed by atoms with E-state index in [2.05, 4.69) is 53.0 Å². The van der Waals surface area contributed by atoms with Crippen LogP contribution in [0.2, 0.25) is 0 Å². The summed E-state index contributed by atoms with van der Waals surface area (Å²) in [6.07, 6.45) is 2.42. The van der Waals surface area contributed by atoms with Gasteiger partial charge in [-0.25, -0.2) is 0 Å². The van der Waals surface area contributed by atoms with Gasteiger partial charge in [-0.1, -0.05) is 13.0 Å². The van der Waals surface area contributed by atoms with Gasteiger partial charge in [0.15, 0.2) is 0 Å². The van der Waals surface area contributed by atoms with Gasteiger partial charge in [-0.2, -0.15) is 0 Å². The zero-order valence-corrected chi connectivity index (χ0v) is 10.7. The third-order valence-corrected chi connectivity index (χ3v) is 3.67. The lowest BCUT2D eigenvalue weighted by Gasteiger charge is -2.15. The first-order chi connectivity index (χ1) is 6.81. The van der Waals surface area contributed by atoms with Crippen LogP contribution in [0.5, 0.6) is 0 Å². The van der Waals surface area contributed by atoms with E-state index < -0.39 is 0 Å². The Balaban J connectivity index is 2.40. The standard InChI is InChI=1S/C12H16IN/c1-2-9-8-14-6-5-10-3-4-11(13)7-12(9)10/h3-4,7,9,14H,2,5-6,8H2,1H3/t9-/m0/s1. The van der Waals surface area contributed by atoms with Gasteiger partial charge >= 0.3 is 0 Å². The van der Waals surface area contributed by atoms with E-state index in [1.165, 1.54) is 16.4 Å². The van der Waals surface area contributed by atoms with E-state index in [4.69, 9.17) is 0 Å². The molecule has 1 aliphatic heterocycles. The molecule has 0 aromatic heterocycles. The van der Waals surface area contributed by atoms with Gasteiger partial charge in [0.05, 0.1) is 0 Å². The predicted octanol–water partition coefficient (Wildman–Crippen LogP) is 2.93. The summed E-state index contributed by atoms with van der Waals surface area (Å²) in [6, 6.07) is 6.88. The van der Waals surface area contributed by atoms with Crippen molar-refractivity contribution in [2.75, 3.05) is 13.1 Å². The fourth-order valence-corrected chi connectivity index (χ4v) is 2.66. The highest BCUT2D eigenvalue weighted by atomic mass is 127. The number of nitrogens with one attached hydrogen (secondary N) is 1. The maximum Gasteiger partial charge on any atom is 0.0133 e. The molecule has 1 atom stereocenters. The van der Waals surface area contributed by atoms with Crippen LogP contribution < -0.4 is 5.32 Å². The van der Waals surface area contributed by atoms with Gasteiger partial charge in [0.1, 0.15) is 0 Å². The predicted molar refractivity (Wildman–Crippen MR) is 68.8 cm³/mol. The van der Waals surface area contributed by atoms with Crippen LogP contribution in [-0.4, -0.2) is 13.1 Å². The summed E-state index contributed by atoms with van der Waals surface area (Å²) >= 11 is 2.40.